The predicted octanol–water partition coefficient (Wildman–Crippen LogP) is 2.10. The molecule has 0 heterocycles. The van der Waals surface area contributed by atoms with E-state index in [1.807, 2.05) is 0 Å². The number of hydrogen-bond donors (Lipinski definition) is 2. The molecule has 140 valence electrons. The molecule has 0 aliphatic heterocycles. The lowest BCUT2D eigenvalue weighted by Gasteiger charge is -2.12. The molecular formula is C18H22N2O5S. The van der Waals surface area contributed by atoms with Crippen LogP contribution in [0.3, 0.4) is 0 Å². The summed E-state index contributed by atoms with van der Waals surface area (Å²) in [5, 5.41) is 2.76. The number of carbonyl (C=O) groups is 1. The Balaban J connectivity index is 2.19. The lowest BCUT2D eigenvalue weighted by molar-refractivity contribution is -0.115. The lowest BCUT2D eigenvalue weighted by Crippen LogP contribution is -2.20. The van der Waals surface area contributed by atoms with E-state index in [1.165, 1.54) is 26.3 Å². The summed E-state index contributed by atoms with van der Waals surface area (Å²) < 4.78 is 36.5. The van der Waals surface area contributed by atoms with E-state index in [4.69, 9.17) is 9.47 Å². The Labute approximate surface area is 153 Å². The number of anilines is 1. The van der Waals surface area contributed by atoms with E-state index in [0.717, 1.165) is 11.1 Å². The highest BCUT2D eigenvalue weighted by Gasteiger charge is 2.15. The van der Waals surface area contributed by atoms with Gasteiger partial charge in [-0.15, -0.1) is 0 Å². The lowest BCUT2D eigenvalue weighted by atomic mass is 10.1. The van der Waals surface area contributed by atoms with Gasteiger partial charge in [0.2, 0.25) is 15.9 Å². The van der Waals surface area contributed by atoms with Crippen molar-refractivity contribution in [1.82, 2.24) is 4.72 Å². The molecule has 26 heavy (non-hydrogen) atoms. The molecule has 8 heteroatoms. The van der Waals surface area contributed by atoms with E-state index in [9.17, 15) is 13.2 Å². The number of rotatable bonds is 7. The first-order chi connectivity index (χ1) is 12.3. The first-order valence-electron chi connectivity index (χ1n) is 7.85. The second kappa shape index (κ2) is 8.20. The number of amides is 1. The summed E-state index contributed by atoms with van der Waals surface area (Å²) in [6.07, 6.45) is 0.114. The molecule has 0 unspecified atom stereocenters. The summed E-state index contributed by atoms with van der Waals surface area (Å²) >= 11 is 0. The highest BCUT2D eigenvalue weighted by Crippen LogP contribution is 2.28. The zero-order valence-corrected chi connectivity index (χ0v) is 15.9. The maximum atomic E-state index is 12.4. The van der Waals surface area contributed by atoms with Gasteiger partial charge in [0.15, 0.2) is 11.5 Å². The van der Waals surface area contributed by atoms with E-state index in [0.29, 0.717) is 17.2 Å². The number of aryl methyl sites for hydroxylation is 1. The molecule has 7 nitrogen and oxygen atoms in total. The zero-order valence-electron chi connectivity index (χ0n) is 15.1. The molecule has 0 aromatic heterocycles. The van der Waals surface area contributed by atoms with E-state index in [2.05, 4.69) is 10.0 Å². The van der Waals surface area contributed by atoms with Crippen LogP contribution in [-0.4, -0.2) is 35.6 Å². The Morgan fingerprint density at radius 3 is 2.35 bits per heavy atom. The van der Waals surface area contributed by atoms with Crippen LogP contribution in [0.5, 0.6) is 11.5 Å². The van der Waals surface area contributed by atoms with Crippen molar-refractivity contribution in [1.29, 1.82) is 0 Å². The Morgan fingerprint density at radius 1 is 1.04 bits per heavy atom. The molecular weight excluding hydrogens is 356 g/mol. The van der Waals surface area contributed by atoms with Crippen LogP contribution in [0.15, 0.2) is 41.3 Å². The maximum absolute atomic E-state index is 12.4. The third-order valence-corrected chi connectivity index (χ3v) is 5.29. The van der Waals surface area contributed by atoms with Gasteiger partial charge in [-0.1, -0.05) is 12.1 Å². The first-order valence-corrected chi connectivity index (χ1v) is 9.34. The van der Waals surface area contributed by atoms with Crippen molar-refractivity contribution < 1.29 is 22.7 Å². The number of sulfonamides is 1. The number of nitrogens with one attached hydrogen (secondary N) is 2. The number of methoxy groups -OCH3 is 2. The normalized spacial score (nSPS) is 11.1. The van der Waals surface area contributed by atoms with Gasteiger partial charge >= 0.3 is 0 Å². The standard InChI is InChI=1S/C18H22N2O5S/c1-12-5-7-14(26(22,23)19-2)11-15(12)20-18(21)10-13-6-8-16(24-3)17(9-13)25-4/h5-9,11,19H,10H2,1-4H3,(H,20,21). The van der Waals surface area contributed by atoms with Crippen LogP contribution in [0.25, 0.3) is 0 Å². The summed E-state index contributed by atoms with van der Waals surface area (Å²) in [6, 6.07) is 9.81. The molecule has 0 spiro atoms. The smallest absolute Gasteiger partial charge is 0.240 e. The van der Waals surface area contributed by atoms with Gasteiger partial charge in [0.05, 0.1) is 25.5 Å². The van der Waals surface area contributed by atoms with Gasteiger partial charge in [-0.25, -0.2) is 13.1 Å². The summed E-state index contributed by atoms with van der Waals surface area (Å²) in [7, 11) is 0.825. The molecule has 2 aromatic rings. The van der Waals surface area contributed by atoms with E-state index in [-0.39, 0.29) is 17.2 Å². The highest BCUT2D eigenvalue weighted by molar-refractivity contribution is 7.89. The maximum Gasteiger partial charge on any atom is 0.240 e. The van der Waals surface area contributed by atoms with Gasteiger partial charge < -0.3 is 14.8 Å². The number of hydrogen-bond acceptors (Lipinski definition) is 5. The zero-order chi connectivity index (χ0) is 19.3. The molecule has 0 aliphatic carbocycles. The van der Waals surface area contributed by atoms with Gasteiger partial charge in [0.1, 0.15) is 0 Å². The fourth-order valence-corrected chi connectivity index (χ4v) is 3.15. The van der Waals surface area contributed by atoms with Crippen molar-refractivity contribution in [2.45, 2.75) is 18.2 Å². The molecule has 0 fully saturated rings. The minimum atomic E-state index is -3.58. The summed E-state index contributed by atoms with van der Waals surface area (Å²) in [6.45, 7) is 1.79. The van der Waals surface area contributed by atoms with E-state index >= 15 is 0 Å². The molecule has 0 saturated heterocycles. The molecule has 2 N–H and O–H groups in total. The van der Waals surface area contributed by atoms with Crippen LogP contribution in [-0.2, 0) is 21.2 Å². The van der Waals surface area contributed by atoms with Gasteiger partial charge in [-0.2, -0.15) is 0 Å². The topological polar surface area (TPSA) is 93.7 Å². The molecule has 2 aromatic carbocycles. The molecule has 0 radical (unpaired) electrons. The van der Waals surface area contributed by atoms with Crippen LogP contribution < -0.4 is 19.5 Å². The van der Waals surface area contributed by atoms with Gasteiger partial charge in [-0.05, 0) is 49.4 Å². The Hall–Kier alpha value is -2.58. The quantitative estimate of drug-likeness (QED) is 0.770. The number of carbonyl (C=O) groups excluding carboxylic acids is 1. The van der Waals surface area contributed by atoms with Gasteiger partial charge in [-0.3, -0.25) is 4.79 Å². The fourth-order valence-electron chi connectivity index (χ4n) is 2.39. The number of benzene rings is 2. The van der Waals surface area contributed by atoms with Crippen molar-refractivity contribution in [2.75, 3.05) is 26.6 Å². The second-order valence-corrected chi connectivity index (χ2v) is 7.49. The van der Waals surface area contributed by atoms with E-state index in [1.54, 1.807) is 38.3 Å². The first kappa shape index (κ1) is 19.7. The summed E-state index contributed by atoms with van der Waals surface area (Å²) in [5.74, 6) is 0.855. The Bertz CT molecular complexity index is 910. The molecule has 0 bridgehead atoms. The van der Waals surface area contributed by atoms with Crippen molar-refractivity contribution >= 4 is 21.6 Å². The minimum Gasteiger partial charge on any atom is -0.493 e. The molecule has 0 atom stereocenters. The highest BCUT2D eigenvalue weighted by atomic mass is 32.2. The SMILES string of the molecule is CNS(=O)(=O)c1ccc(C)c(NC(=O)Cc2ccc(OC)c(OC)c2)c1. The van der Waals surface area contributed by atoms with Gasteiger partial charge in [0.25, 0.3) is 0 Å². The second-order valence-electron chi connectivity index (χ2n) is 5.60. The van der Waals surface area contributed by atoms with Crippen LogP contribution in [0.1, 0.15) is 11.1 Å². The third-order valence-electron chi connectivity index (χ3n) is 3.87. The fraction of sp³-hybridized carbons (Fsp3) is 0.278. The molecule has 1 amide bonds. The van der Waals surface area contributed by atoms with E-state index < -0.39 is 10.0 Å². The summed E-state index contributed by atoms with van der Waals surface area (Å²) in [4.78, 5) is 12.5. The molecule has 0 aliphatic rings. The third kappa shape index (κ3) is 4.53. The molecule has 2 rings (SSSR count). The average Bonchev–Trinajstić information content (AvgIpc) is 2.63. The van der Waals surface area contributed by atoms with Crippen LogP contribution in [0.2, 0.25) is 0 Å². The number of ether oxygens (including phenoxy) is 2. The Morgan fingerprint density at radius 2 is 1.73 bits per heavy atom. The van der Waals surface area contributed by atoms with Crippen molar-refractivity contribution in [3.63, 3.8) is 0 Å². The van der Waals surface area contributed by atoms with Crippen molar-refractivity contribution in [3.8, 4) is 11.5 Å². The van der Waals surface area contributed by atoms with Gasteiger partial charge in [0, 0.05) is 5.69 Å². The largest absolute Gasteiger partial charge is 0.493 e. The predicted molar refractivity (Wildman–Crippen MR) is 99.3 cm³/mol. The van der Waals surface area contributed by atoms with Crippen molar-refractivity contribution in [2.24, 2.45) is 0 Å². The minimum absolute atomic E-state index is 0.0898. The average molecular weight is 378 g/mol. The summed E-state index contributed by atoms with van der Waals surface area (Å²) in [5.41, 5.74) is 1.96. The Kier molecular flexibility index (Phi) is 6.23. The van der Waals surface area contributed by atoms with Crippen LogP contribution in [0, 0.1) is 6.92 Å². The van der Waals surface area contributed by atoms with Crippen LogP contribution >= 0.6 is 0 Å². The monoisotopic (exact) mass is 378 g/mol. The molecule has 0 saturated carbocycles. The van der Waals surface area contributed by atoms with Crippen LogP contribution in [0.4, 0.5) is 5.69 Å². The van der Waals surface area contributed by atoms with Crippen molar-refractivity contribution in [3.05, 3.63) is 47.5 Å².